The Morgan fingerprint density at radius 2 is 1.96 bits per heavy atom. The van der Waals surface area contributed by atoms with Crippen molar-refractivity contribution in [3.63, 3.8) is 0 Å². The molecule has 0 aromatic carbocycles. The maximum Gasteiger partial charge on any atom is 0.302 e. The summed E-state index contributed by atoms with van der Waals surface area (Å²) in [6.07, 6.45) is 10.9. The van der Waals surface area contributed by atoms with Gasteiger partial charge >= 0.3 is 5.97 Å². The molecule has 23 heavy (non-hydrogen) atoms. The van der Waals surface area contributed by atoms with E-state index in [1.165, 1.54) is 31.3 Å². The highest BCUT2D eigenvalue weighted by Crippen LogP contribution is 2.62. The summed E-state index contributed by atoms with van der Waals surface area (Å²) < 4.78 is 5.69. The second kappa shape index (κ2) is 5.46. The fourth-order valence-corrected chi connectivity index (χ4v) is 6.53. The number of hydrogen-bond donors (Lipinski definition) is 0. The minimum atomic E-state index is -0.126. The molecule has 0 N–H and O–H groups in total. The van der Waals surface area contributed by atoms with Crippen molar-refractivity contribution in [2.75, 3.05) is 0 Å². The first-order valence-corrected chi connectivity index (χ1v) is 9.39. The highest BCUT2D eigenvalue weighted by molar-refractivity contribution is 5.91. The van der Waals surface area contributed by atoms with E-state index in [0.29, 0.717) is 17.6 Å². The minimum Gasteiger partial charge on any atom is -0.462 e. The van der Waals surface area contributed by atoms with Crippen LogP contribution in [0.4, 0.5) is 0 Å². The maximum absolute atomic E-state index is 11.7. The van der Waals surface area contributed by atoms with Gasteiger partial charge in [-0.05, 0) is 74.7 Å². The van der Waals surface area contributed by atoms with Crippen molar-refractivity contribution in [2.24, 2.45) is 29.1 Å². The lowest BCUT2D eigenvalue weighted by atomic mass is 9.52. The van der Waals surface area contributed by atoms with Crippen LogP contribution >= 0.6 is 0 Å². The predicted octanol–water partition coefficient (Wildman–Crippen LogP) is 4.06. The number of allylic oxidation sites excluding steroid dienone is 1. The van der Waals surface area contributed by atoms with Crippen LogP contribution in [0.1, 0.15) is 65.2 Å². The number of esters is 1. The smallest absolute Gasteiger partial charge is 0.302 e. The van der Waals surface area contributed by atoms with Crippen LogP contribution < -0.4 is 0 Å². The molecule has 0 saturated heterocycles. The van der Waals surface area contributed by atoms with Gasteiger partial charge in [-0.25, -0.2) is 0 Å². The number of ether oxygens (including phenoxy) is 1. The molecule has 0 radical (unpaired) electrons. The van der Waals surface area contributed by atoms with Gasteiger partial charge in [0.25, 0.3) is 0 Å². The van der Waals surface area contributed by atoms with Crippen LogP contribution in [0.3, 0.4) is 0 Å². The van der Waals surface area contributed by atoms with Crippen molar-refractivity contribution in [1.82, 2.24) is 0 Å². The lowest BCUT2D eigenvalue weighted by Gasteiger charge is -2.53. The molecule has 126 valence electrons. The van der Waals surface area contributed by atoms with Gasteiger partial charge in [0.05, 0.1) is 0 Å². The van der Waals surface area contributed by atoms with Gasteiger partial charge in [0.2, 0.25) is 0 Å². The molecule has 0 aromatic rings. The first kappa shape index (κ1) is 15.4. The van der Waals surface area contributed by atoms with E-state index in [0.717, 1.165) is 37.5 Å². The normalized spacial score (nSPS) is 45.6. The predicted molar refractivity (Wildman–Crippen MR) is 87.6 cm³/mol. The average Bonchev–Trinajstić information content (AvgIpc) is 2.83. The van der Waals surface area contributed by atoms with Crippen LogP contribution in [-0.4, -0.2) is 17.9 Å². The van der Waals surface area contributed by atoms with Gasteiger partial charge in [-0.1, -0.05) is 12.5 Å². The minimum absolute atomic E-state index is 0.121. The van der Waals surface area contributed by atoms with Crippen molar-refractivity contribution in [3.8, 4) is 0 Å². The van der Waals surface area contributed by atoms with Crippen molar-refractivity contribution in [2.45, 2.75) is 71.3 Å². The lowest BCUT2D eigenvalue weighted by Crippen LogP contribution is -2.48. The van der Waals surface area contributed by atoms with Gasteiger partial charge < -0.3 is 4.74 Å². The summed E-state index contributed by atoms with van der Waals surface area (Å²) in [5.74, 6) is 3.10. The number of hydrogen-bond acceptors (Lipinski definition) is 3. The van der Waals surface area contributed by atoms with Crippen molar-refractivity contribution < 1.29 is 14.3 Å². The fourth-order valence-electron chi connectivity index (χ4n) is 6.53. The molecule has 6 atom stereocenters. The average molecular weight is 316 g/mol. The molecule has 0 aromatic heterocycles. The van der Waals surface area contributed by atoms with Crippen molar-refractivity contribution in [3.05, 3.63) is 11.6 Å². The third-order valence-electron chi connectivity index (χ3n) is 7.52. The number of carbonyl (C=O) groups is 2. The Morgan fingerprint density at radius 1 is 1.13 bits per heavy atom. The Balaban J connectivity index is 1.57. The van der Waals surface area contributed by atoms with E-state index in [-0.39, 0.29) is 17.5 Å². The molecule has 0 bridgehead atoms. The van der Waals surface area contributed by atoms with Crippen LogP contribution in [0.5, 0.6) is 0 Å². The molecule has 4 aliphatic carbocycles. The highest BCUT2D eigenvalue weighted by atomic mass is 16.5. The first-order chi connectivity index (χ1) is 11.0. The highest BCUT2D eigenvalue weighted by Gasteiger charge is 2.57. The maximum atomic E-state index is 11.7. The summed E-state index contributed by atoms with van der Waals surface area (Å²) in [6.45, 7) is 3.91. The van der Waals surface area contributed by atoms with Crippen molar-refractivity contribution in [1.29, 1.82) is 0 Å². The molecule has 0 aliphatic heterocycles. The lowest BCUT2D eigenvalue weighted by molar-refractivity contribution is -0.156. The Kier molecular flexibility index (Phi) is 3.66. The van der Waals surface area contributed by atoms with Gasteiger partial charge in [0.15, 0.2) is 5.78 Å². The van der Waals surface area contributed by atoms with Crippen LogP contribution in [-0.2, 0) is 14.3 Å². The molecule has 3 saturated carbocycles. The molecule has 3 heteroatoms. The van der Waals surface area contributed by atoms with E-state index in [4.69, 9.17) is 4.74 Å². The Morgan fingerprint density at radius 3 is 2.74 bits per heavy atom. The van der Waals surface area contributed by atoms with Gasteiger partial charge in [0.1, 0.15) is 6.10 Å². The summed E-state index contributed by atoms with van der Waals surface area (Å²) in [5, 5.41) is 0. The van der Waals surface area contributed by atoms with Crippen LogP contribution in [0.25, 0.3) is 0 Å². The zero-order chi connectivity index (χ0) is 16.2. The molecule has 3 nitrogen and oxygen atoms in total. The molecule has 3 fully saturated rings. The van der Waals surface area contributed by atoms with Crippen LogP contribution in [0.15, 0.2) is 11.6 Å². The van der Waals surface area contributed by atoms with E-state index < -0.39 is 0 Å². The second-order valence-electron chi connectivity index (χ2n) is 8.52. The molecule has 4 aliphatic rings. The number of ketones is 1. The molecule has 0 heterocycles. The molecule has 4 rings (SSSR count). The summed E-state index contributed by atoms with van der Waals surface area (Å²) in [4.78, 5) is 23.2. The van der Waals surface area contributed by atoms with Gasteiger partial charge in [-0.15, -0.1) is 0 Å². The number of carbonyl (C=O) groups excluding carboxylic acids is 2. The van der Waals surface area contributed by atoms with E-state index >= 15 is 0 Å². The Bertz CT molecular complexity index is 563. The SMILES string of the molecule is CC(=O)O[C@H]1CC[C@@H]2[C@@H]3CCC4=CC(=O)CC[C@@H]4[C@H]3CC[C@]12C. The standard InChI is InChI=1S/C20H28O3/c1-12(21)23-19-8-7-18-17-5-3-13-11-14(22)4-6-15(13)16(17)9-10-20(18,19)2/h11,15-19H,3-10H2,1-2H3/t15-,16+,17+,18+,19-,20-/m0/s1. The number of fused-ring (bicyclic) bond motifs is 5. The summed E-state index contributed by atoms with van der Waals surface area (Å²) >= 11 is 0. The Labute approximate surface area is 138 Å². The number of rotatable bonds is 1. The van der Waals surface area contributed by atoms with Gasteiger partial charge in [0, 0.05) is 18.8 Å². The molecular formula is C20H28O3. The van der Waals surface area contributed by atoms with Crippen LogP contribution in [0.2, 0.25) is 0 Å². The fraction of sp³-hybridized carbons (Fsp3) is 0.800. The third-order valence-corrected chi connectivity index (χ3v) is 7.52. The third kappa shape index (κ3) is 2.38. The second-order valence-corrected chi connectivity index (χ2v) is 8.52. The molecule has 0 amide bonds. The largest absolute Gasteiger partial charge is 0.462 e. The molecule has 0 spiro atoms. The van der Waals surface area contributed by atoms with E-state index in [1.807, 2.05) is 6.08 Å². The monoisotopic (exact) mass is 316 g/mol. The van der Waals surface area contributed by atoms with Gasteiger partial charge in [-0.3, -0.25) is 9.59 Å². The van der Waals surface area contributed by atoms with Crippen molar-refractivity contribution >= 4 is 11.8 Å². The van der Waals surface area contributed by atoms with Crippen LogP contribution in [0, 0.1) is 29.1 Å². The molecular weight excluding hydrogens is 288 g/mol. The molecule has 0 unspecified atom stereocenters. The summed E-state index contributed by atoms with van der Waals surface area (Å²) in [5.41, 5.74) is 1.62. The zero-order valence-corrected chi connectivity index (χ0v) is 14.3. The first-order valence-electron chi connectivity index (χ1n) is 9.39. The summed E-state index contributed by atoms with van der Waals surface area (Å²) in [7, 11) is 0. The van der Waals surface area contributed by atoms with E-state index in [9.17, 15) is 9.59 Å². The Hall–Kier alpha value is -1.12. The van der Waals surface area contributed by atoms with E-state index in [2.05, 4.69) is 6.92 Å². The quantitative estimate of drug-likeness (QED) is 0.685. The topological polar surface area (TPSA) is 43.4 Å². The van der Waals surface area contributed by atoms with Gasteiger partial charge in [-0.2, -0.15) is 0 Å². The zero-order valence-electron chi connectivity index (χ0n) is 14.3. The van der Waals surface area contributed by atoms with E-state index in [1.54, 1.807) is 6.92 Å². The summed E-state index contributed by atoms with van der Waals surface area (Å²) in [6, 6.07) is 0.